The van der Waals surface area contributed by atoms with Crippen molar-refractivity contribution in [1.82, 2.24) is 20.8 Å². The molecule has 132 valence electrons. The summed E-state index contributed by atoms with van der Waals surface area (Å²) in [5, 5.41) is 18.8. The minimum atomic E-state index is -0.0486. The van der Waals surface area contributed by atoms with Crippen LogP contribution in [0.1, 0.15) is 50.5 Å². The van der Waals surface area contributed by atoms with Crippen LogP contribution in [-0.2, 0) is 4.79 Å². The number of rotatable bonds is 7. The van der Waals surface area contributed by atoms with E-state index in [1.807, 2.05) is 11.8 Å². The highest BCUT2D eigenvalue weighted by Gasteiger charge is 2.42. The summed E-state index contributed by atoms with van der Waals surface area (Å²) in [6, 6.07) is 0.461. The third-order valence-electron chi connectivity index (χ3n) is 4.26. The van der Waals surface area contributed by atoms with Crippen molar-refractivity contribution < 1.29 is 9.59 Å². The number of hydrogen-bond donors (Lipinski definition) is 3. The number of aromatic nitrogens is 2. The molecule has 2 aliphatic rings. The Bertz CT molecular complexity index is 606. The van der Waals surface area contributed by atoms with Gasteiger partial charge in [0.25, 0.3) is 0 Å². The average molecular weight is 370 g/mol. The number of anilines is 1. The van der Waals surface area contributed by atoms with Gasteiger partial charge in [0.2, 0.25) is 11.0 Å². The Labute approximate surface area is 149 Å². The standard InChI is InChI=1S/C15H23N5O2S2/c1-8(2)13-19-20-15(24-13)17-11(21)6-4-3-5-10-12-9(7-23-10)16-14(22)18-12/h8-10,12H,3-7H2,1-2H3,(H2,16,18,22)(H,17,20,21)/t9-,10-,12+/m0/s1. The van der Waals surface area contributed by atoms with Crippen LogP contribution in [0, 0.1) is 0 Å². The second kappa shape index (κ2) is 7.69. The number of thioether (sulfide) groups is 1. The van der Waals surface area contributed by atoms with Crippen LogP contribution in [0.3, 0.4) is 0 Å². The molecular formula is C15H23N5O2S2. The van der Waals surface area contributed by atoms with Gasteiger partial charge in [0.15, 0.2) is 0 Å². The molecule has 3 N–H and O–H groups in total. The monoisotopic (exact) mass is 369 g/mol. The average Bonchev–Trinajstić information content (AvgIpc) is 3.20. The molecule has 3 heterocycles. The Hall–Kier alpha value is -1.35. The number of hydrogen-bond acceptors (Lipinski definition) is 6. The summed E-state index contributed by atoms with van der Waals surface area (Å²) in [6.07, 6.45) is 3.35. The third kappa shape index (κ3) is 4.18. The number of amides is 3. The number of unbranched alkanes of at least 4 members (excludes halogenated alkanes) is 1. The summed E-state index contributed by atoms with van der Waals surface area (Å²) in [5.41, 5.74) is 0. The second-order valence-electron chi connectivity index (χ2n) is 6.52. The Morgan fingerprint density at radius 2 is 2.17 bits per heavy atom. The maximum atomic E-state index is 12.0. The van der Waals surface area contributed by atoms with Gasteiger partial charge in [-0.25, -0.2) is 4.79 Å². The number of carbonyl (C=O) groups excluding carboxylic acids is 2. The van der Waals surface area contributed by atoms with Crippen molar-refractivity contribution in [1.29, 1.82) is 0 Å². The molecule has 0 unspecified atom stereocenters. The van der Waals surface area contributed by atoms with Crippen molar-refractivity contribution in [3.8, 4) is 0 Å². The molecular weight excluding hydrogens is 346 g/mol. The fraction of sp³-hybridized carbons (Fsp3) is 0.733. The van der Waals surface area contributed by atoms with E-state index in [0.29, 0.717) is 22.7 Å². The quantitative estimate of drug-likeness (QED) is 0.506. The van der Waals surface area contributed by atoms with Gasteiger partial charge in [0.1, 0.15) is 5.01 Å². The maximum Gasteiger partial charge on any atom is 0.315 e. The highest BCUT2D eigenvalue weighted by molar-refractivity contribution is 8.00. The van der Waals surface area contributed by atoms with Crippen LogP contribution in [0.15, 0.2) is 0 Å². The number of nitrogens with zero attached hydrogens (tertiary/aromatic N) is 2. The molecule has 24 heavy (non-hydrogen) atoms. The van der Waals surface area contributed by atoms with E-state index in [0.717, 1.165) is 30.0 Å². The molecule has 0 spiro atoms. The summed E-state index contributed by atoms with van der Waals surface area (Å²) in [6.45, 7) is 4.11. The first-order valence-electron chi connectivity index (χ1n) is 8.35. The smallest absolute Gasteiger partial charge is 0.315 e. The summed E-state index contributed by atoms with van der Waals surface area (Å²) in [7, 11) is 0. The van der Waals surface area contributed by atoms with Gasteiger partial charge in [-0.05, 0) is 12.8 Å². The van der Waals surface area contributed by atoms with E-state index in [4.69, 9.17) is 0 Å². The van der Waals surface area contributed by atoms with Gasteiger partial charge in [-0.3, -0.25) is 4.79 Å². The van der Waals surface area contributed by atoms with E-state index in [-0.39, 0.29) is 24.0 Å². The van der Waals surface area contributed by atoms with Crippen LogP contribution in [0.5, 0.6) is 0 Å². The minimum absolute atomic E-state index is 0.00533. The van der Waals surface area contributed by atoms with Crippen LogP contribution >= 0.6 is 23.1 Å². The molecule has 0 radical (unpaired) electrons. The zero-order chi connectivity index (χ0) is 17.1. The lowest BCUT2D eigenvalue weighted by Gasteiger charge is -2.16. The highest BCUT2D eigenvalue weighted by atomic mass is 32.2. The molecule has 0 bridgehead atoms. The van der Waals surface area contributed by atoms with Crippen LogP contribution in [0.2, 0.25) is 0 Å². The van der Waals surface area contributed by atoms with E-state index in [1.54, 1.807) is 0 Å². The molecule has 1 aromatic heterocycles. The molecule has 2 fully saturated rings. The van der Waals surface area contributed by atoms with Gasteiger partial charge >= 0.3 is 6.03 Å². The van der Waals surface area contributed by atoms with Crippen LogP contribution in [0.4, 0.5) is 9.93 Å². The molecule has 0 aromatic carbocycles. The van der Waals surface area contributed by atoms with E-state index < -0.39 is 0 Å². The van der Waals surface area contributed by atoms with E-state index in [1.165, 1.54) is 11.3 Å². The largest absolute Gasteiger partial charge is 0.332 e. The predicted octanol–water partition coefficient (Wildman–Crippen LogP) is 2.33. The first-order chi connectivity index (χ1) is 11.5. The SMILES string of the molecule is CC(C)c1nnc(NC(=O)CCCC[C@@H]2SC[C@@H]3NC(=O)N[C@H]32)s1. The van der Waals surface area contributed by atoms with Gasteiger partial charge in [-0.1, -0.05) is 31.6 Å². The lowest BCUT2D eigenvalue weighted by atomic mass is 10.0. The van der Waals surface area contributed by atoms with E-state index in [2.05, 4.69) is 40.0 Å². The molecule has 3 amide bonds. The van der Waals surface area contributed by atoms with Crippen molar-refractivity contribution in [2.45, 2.75) is 62.8 Å². The van der Waals surface area contributed by atoms with Crippen LogP contribution < -0.4 is 16.0 Å². The predicted molar refractivity (Wildman–Crippen MR) is 96.6 cm³/mol. The number of urea groups is 1. The lowest BCUT2D eigenvalue weighted by Crippen LogP contribution is -2.36. The summed E-state index contributed by atoms with van der Waals surface area (Å²) >= 11 is 3.34. The lowest BCUT2D eigenvalue weighted by molar-refractivity contribution is -0.116. The van der Waals surface area contributed by atoms with Crippen molar-refractivity contribution in [2.75, 3.05) is 11.1 Å². The number of fused-ring (bicyclic) bond motifs is 1. The summed E-state index contributed by atoms with van der Waals surface area (Å²) < 4.78 is 0. The van der Waals surface area contributed by atoms with Gasteiger partial charge < -0.3 is 16.0 Å². The highest BCUT2D eigenvalue weighted by Crippen LogP contribution is 2.33. The second-order valence-corrected chi connectivity index (χ2v) is 8.80. The summed E-state index contributed by atoms with van der Waals surface area (Å²) in [5.74, 6) is 1.30. The molecule has 0 aliphatic carbocycles. The van der Waals surface area contributed by atoms with Crippen LogP contribution in [0.25, 0.3) is 0 Å². The summed E-state index contributed by atoms with van der Waals surface area (Å²) in [4.78, 5) is 23.3. The Balaban J connectivity index is 1.34. The molecule has 0 saturated carbocycles. The molecule has 3 atom stereocenters. The molecule has 1 aromatic rings. The topological polar surface area (TPSA) is 96.0 Å². The zero-order valence-corrected chi connectivity index (χ0v) is 15.5. The fourth-order valence-electron chi connectivity index (χ4n) is 2.97. The fourth-order valence-corrected chi connectivity index (χ4v) is 5.28. The van der Waals surface area contributed by atoms with Crippen molar-refractivity contribution in [3.05, 3.63) is 5.01 Å². The Kier molecular flexibility index (Phi) is 5.60. The Morgan fingerprint density at radius 3 is 2.92 bits per heavy atom. The first-order valence-corrected chi connectivity index (χ1v) is 10.2. The van der Waals surface area contributed by atoms with E-state index in [9.17, 15) is 9.59 Å². The zero-order valence-electron chi connectivity index (χ0n) is 13.9. The molecule has 3 rings (SSSR count). The van der Waals surface area contributed by atoms with Gasteiger partial charge in [-0.15, -0.1) is 10.2 Å². The Morgan fingerprint density at radius 1 is 1.33 bits per heavy atom. The van der Waals surface area contributed by atoms with Crippen molar-refractivity contribution in [2.24, 2.45) is 0 Å². The maximum absolute atomic E-state index is 12.0. The molecule has 7 nitrogen and oxygen atoms in total. The normalized spacial score (nSPS) is 25.5. The van der Waals surface area contributed by atoms with Crippen molar-refractivity contribution >= 4 is 40.2 Å². The minimum Gasteiger partial charge on any atom is -0.332 e. The molecule has 2 aliphatic heterocycles. The first kappa shape index (κ1) is 17.5. The van der Waals surface area contributed by atoms with Crippen molar-refractivity contribution in [3.63, 3.8) is 0 Å². The van der Waals surface area contributed by atoms with Crippen LogP contribution in [-0.4, -0.2) is 45.2 Å². The third-order valence-corrected chi connectivity index (χ3v) is 6.91. The van der Waals surface area contributed by atoms with Gasteiger partial charge in [-0.2, -0.15) is 11.8 Å². The number of nitrogens with one attached hydrogen (secondary N) is 3. The molecule has 2 saturated heterocycles. The van der Waals surface area contributed by atoms with E-state index >= 15 is 0 Å². The van der Waals surface area contributed by atoms with Gasteiger partial charge in [0, 0.05) is 23.3 Å². The number of carbonyl (C=O) groups is 2. The van der Waals surface area contributed by atoms with Gasteiger partial charge in [0.05, 0.1) is 12.1 Å². The molecule has 9 heteroatoms.